The number of nitrogens with zero attached hydrogens (tertiary/aromatic N) is 2. The summed E-state index contributed by atoms with van der Waals surface area (Å²) >= 11 is 12.3. The molecule has 0 aromatic heterocycles. The zero-order valence-electron chi connectivity index (χ0n) is 11.9. The third-order valence-electron chi connectivity index (χ3n) is 4.20. The van der Waals surface area contributed by atoms with Crippen LogP contribution in [0.5, 0.6) is 0 Å². The zero-order chi connectivity index (χ0) is 16.2. The lowest BCUT2D eigenvalue weighted by Crippen LogP contribution is -2.48. The van der Waals surface area contributed by atoms with E-state index >= 15 is 0 Å². The van der Waals surface area contributed by atoms with Gasteiger partial charge in [-0.3, -0.25) is 4.79 Å². The van der Waals surface area contributed by atoms with Gasteiger partial charge in [0.05, 0.1) is 5.69 Å². The molecule has 2 heterocycles. The second-order valence-corrected chi connectivity index (χ2v) is 6.57. The van der Waals surface area contributed by atoms with Crippen molar-refractivity contribution in [2.24, 2.45) is 4.99 Å². The Morgan fingerprint density at radius 3 is 2.61 bits per heavy atom. The summed E-state index contributed by atoms with van der Waals surface area (Å²) in [6, 6.07) is 14.0. The van der Waals surface area contributed by atoms with E-state index in [2.05, 4.69) is 4.99 Å². The molecule has 1 N–H and O–H groups in total. The standard InChI is InChI=1S/C17H12Cl2N2O2/c18-10-5-7-11(8-6-10)21-14(19)9-17(23)15(22)12-3-1-2-4-13(12)20-16(17)21/h1-8,14,23H,9H2/t14-,17?/m1/s1. The van der Waals surface area contributed by atoms with Crippen LogP contribution in [-0.4, -0.2) is 27.8 Å². The van der Waals surface area contributed by atoms with E-state index in [1.165, 1.54) is 0 Å². The molecular formula is C17H12Cl2N2O2. The molecule has 0 amide bonds. The summed E-state index contributed by atoms with van der Waals surface area (Å²) in [6.45, 7) is 0. The van der Waals surface area contributed by atoms with Crippen molar-refractivity contribution in [1.82, 2.24) is 0 Å². The van der Waals surface area contributed by atoms with Gasteiger partial charge < -0.3 is 10.0 Å². The highest BCUT2D eigenvalue weighted by Crippen LogP contribution is 2.43. The predicted octanol–water partition coefficient (Wildman–Crippen LogP) is 3.77. The number of ketones is 1. The van der Waals surface area contributed by atoms with Crippen LogP contribution in [0.2, 0.25) is 5.02 Å². The lowest BCUT2D eigenvalue weighted by Gasteiger charge is -2.29. The first-order chi connectivity index (χ1) is 11.0. The monoisotopic (exact) mass is 346 g/mol. The Bertz CT molecular complexity index is 835. The lowest BCUT2D eigenvalue weighted by atomic mass is 9.87. The normalized spacial score (nSPS) is 25.9. The maximum absolute atomic E-state index is 12.8. The van der Waals surface area contributed by atoms with Crippen LogP contribution in [0.4, 0.5) is 11.4 Å². The first kappa shape index (κ1) is 14.7. The molecule has 1 unspecified atom stereocenters. The summed E-state index contributed by atoms with van der Waals surface area (Å²) in [5, 5.41) is 11.5. The van der Waals surface area contributed by atoms with E-state index in [4.69, 9.17) is 23.2 Å². The van der Waals surface area contributed by atoms with Crippen molar-refractivity contribution >= 4 is 46.2 Å². The molecule has 23 heavy (non-hydrogen) atoms. The molecule has 1 fully saturated rings. The molecule has 6 heteroatoms. The van der Waals surface area contributed by atoms with Crippen molar-refractivity contribution in [3.05, 3.63) is 59.1 Å². The molecule has 2 aromatic carbocycles. The molecular weight excluding hydrogens is 335 g/mol. The van der Waals surface area contributed by atoms with Gasteiger partial charge >= 0.3 is 0 Å². The lowest BCUT2D eigenvalue weighted by molar-refractivity contribution is 0.0597. The van der Waals surface area contributed by atoms with Gasteiger partial charge in [-0.15, -0.1) is 0 Å². The number of carbonyl (C=O) groups excluding carboxylic acids is 1. The Kier molecular flexibility index (Phi) is 3.23. The van der Waals surface area contributed by atoms with Crippen LogP contribution >= 0.6 is 23.2 Å². The zero-order valence-corrected chi connectivity index (χ0v) is 13.4. The Morgan fingerprint density at radius 2 is 1.87 bits per heavy atom. The summed E-state index contributed by atoms with van der Waals surface area (Å²) in [6.07, 6.45) is 0.0865. The number of fused-ring (bicyclic) bond motifs is 2. The second-order valence-electron chi connectivity index (χ2n) is 5.63. The number of hydrogen-bond donors (Lipinski definition) is 1. The van der Waals surface area contributed by atoms with Crippen LogP contribution in [0.25, 0.3) is 0 Å². The molecule has 0 spiro atoms. The molecule has 0 saturated carbocycles. The van der Waals surface area contributed by atoms with Crippen molar-refractivity contribution in [1.29, 1.82) is 0 Å². The van der Waals surface area contributed by atoms with E-state index in [1.807, 2.05) is 0 Å². The smallest absolute Gasteiger partial charge is 0.204 e. The Morgan fingerprint density at radius 1 is 1.17 bits per heavy atom. The van der Waals surface area contributed by atoms with Crippen LogP contribution in [-0.2, 0) is 0 Å². The van der Waals surface area contributed by atoms with Crippen LogP contribution < -0.4 is 4.90 Å². The fourth-order valence-electron chi connectivity index (χ4n) is 3.08. The highest BCUT2D eigenvalue weighted by atomic mass is 35.5. The number of aliphatic imine (C=N–C) groups is 1. The number of para-hydroxylation sites is 1. The van der Waals surface area contributed by atoms with Crippen molar-refractivity contribution in [2.75, 3.05) is 4.90 Å². The van der Waals surface area contributed by atoms with Crippen LogP contribution in [0.1, 0.15) is 16.8 Å². The predicted molar refractivity (Wildman–Crippen MR) is 91.0 cm³/mol. The SMILES string of the molecule is O=C1c2ccccc2N=C2N(c3ccc(Cl)cc3)[C@@H](Cl)CC12O. The van der Waals surface area contributed by atoms with Crippen LogP contribution in [0.3, 0.4) is 0 Å². The maximum atomic E-state index is 12.8. The topological polar surface area (TPSA) is 52.9 Å². The molecule has 0 bridgehead atoms. The fourth-order valence-corrected chi connectivity index (χ4v) is 3.64. The molecule has 0 radical (unpaired) electrons. The molecule has 0 aliphatic carbocycles. The summed E-state index contributed by atoms with van der Waals surface area (Å²) < 4.78 is 0. The number of amidine groups is 1. The van der Waals surface area contributed by atoms with Crippen LogP contribution in [0.15, 0.2) is 53.5 Å². The molecule has 2 atom stereocenters. The summed E-state index contributed by atoms with van der Waals surface area (Å²) in [4.78, 5) is 19.0. The molecule has 2 aliphatic rings. The number of rotatable bonds is 1. The Labute approximate surface area is 143 Å². The summed E-state index contributed by atoms with van der Waals surface area (Å²) in [7, 11) is 0. The minimum absolute atomic E-state index is 0.0865. The van der Waals surface area contributed by atoms with Gasteiger partial charge in [-0.25, -0.2) is 4.99 Å². The molecule has 2 aromatic rings. The summed E-state index contributed by atoms with van der Waals surface area (Å²) in [5.74, 6) is -0.0938. The average molecular weight is 347 g/mol. The van der Waals surface area contributed by atoms with E-state index in [-0.39, 0.29) is 18.0 Å². The van der Waals surface area contributed by atoms with E-state index < -0.39 is 11.1 Å². The number of halogens is 2. The number of alkyl halides is 1. The van der Waals surface area contributed by atoms with Gasteiger partial charge in [0.2, 0.25) is 5.78 Å². The number of anilines is 1. The van der Waals surface area contributed by atoms with Gasteiger partial charge in [-0.2, -0.15) is 0 Å². The van der Waals surface area contributed by atoms with E-state index in [0.717, 1.165) is 5.69 Å². The number of aliphatic hydroxyl groups is 1. The van der Waals surface area contributed by atoms with Gasteiger partial charge in [-0.05, 0) is 36.4 Å². The van der Waals surface area contributed by atoms with Gasteiger partial charge in [0, 0.05) is 22.7 Å². The quantitative estimate of drug-likeness (QED) is 0.631. The minimum Gasteiger partial charge on any atom is -0.374 e. The first-order valence-electron chi connectivity index (χ1n) is 7.15. The molecule has 4 rings (SSSR count). The number of Topliss-reactive ketones (excluding diaryl/α,β-unsaturated/α-hetero) is 1. The van der Waals surface area contributed by atoms with Crippen molar-refractivity contribution in [2.45, 2.75) is 17.5 Å². The summed E-state index contributed by atoms with van der Waals surface area (Å²) in [5.41, 5.74) is -0.572. The fraction of sp³-hybridized carbons (Fsp3) is 0.176. The highest BCUT2D eigenvalue weighted by Gasteiger charge is 2.55. The number of hydrogen-bond acceptors (Lipinski definition) is 4. The second kappa shape index (κ2) is 5.06. The van der Waals surface area contributed by atoms with Gasteiger partial charge in [-0.1, -0.05) is 35.3 Å². The first-order valence-corrected chi connectivity index (χ1v) is 7.96. The van der Waals surface area contributed by atoms with E-state index in [0.29, 0.717) is 16.3 Å². The van der Waals surface area contributed by atoms with Crippen molar-refractivity contribution in [3.63, 3.8) is 0 Å². The van der Waals surface area contributed by atoms with Gasteiger partial charge in [0.1, 0.15) is 5.50 Å². The Balaban J connectivity index is 1.89. The minimum atomic E-state index is -1.69. The molecule has 4 nitrogen and oxygen atoms in total. The average Bonchev–Trinajstić information content (AvgIpc) is 2.80. The Hall–Kier alpha value is -1.88. The number of carbonyl (C=O) groups is 1. The number of benzene rings is 2. The highest BCUT2D eigenvalue weighted by molar-refractivity contribution is 6.35. The van der Waals surface area contributed by atoms with E-state index in [1.54, 1.807) is 53.4 Å². The third-order valence-corrected chi connectivity index (χ3v) is 4.80. The van der Waals surface area contributed by atoms with Crippen molar-refractivity contribution in [3.8, 4) is 0 Å². The van der Waals surface area contributed by atoms with Gasteiger partial charge in [0.15, 0.2) is 11.4 Å². The molecule has 2 aliphatic heterocycles. The van der Waals surface area contributed by atoms with Gasteiger partial charge in [0.25, 0.3) is 0 Å². The maximum Gasteiger partial charge on any atom is 0.204 e. The molecule has 116 valence electrons. The molecule has 1 saturated heterocycles. The van der Waals surface area contributed by atoms with Crippen molar-refractivity contribution < 1.29 is 9.90 Å². The third kappa shape index (κ3) is 2.10. The van der Waals surface area contributed by atoms with E-state index in [9.17, 15) is 9.90 Å². The van der Waals surface area contributed by atoms with Crippen LogP contribution in [0, 0.1) is 0 Å². The largest absolute Gasteiger partial charge is 0.374 e.